The zero-order valence-corrected chi connectivity index (χ0v) is 11.9. The third-order valence-electron chi connectivity index (χ3n) is 1.61. The highest BCUT2D eigenvalue weighted by Crippen LogP contribution is 2.41. The van der Waals surface area contributed by atoms with Crippen LogP contribution in [0.25, 0.3) is 0 Å². The maximum atomic E-state index is 10.3. The highest BCUT2D eigenvalue weighted by molar-refractivity contribution is 9.11. The molecule has 0 saturated carbocycles. The molecule has 0 fully saturated rings. The molecular formula is C8H8BrN3O4S2. The van der Waals surface area contributed by atoms with Gasteiger partial charge in [-0.05, 0) is 31.6 Å². The van der Waals surface area contributed by atoms with Crippen molar-refractivity contribution >= 4 is 54.3 Å². The number of aromatic carboxylic acids is 1. The number of hydrogen-bond acceptors (Lipinski definition) is 6. The third-order valence-corrected chi connectivity index (χ3v) is 4.62. The van der Waals surface area contributed by atoms with Gasteiger partial charge in [0.1, 0.15) is 0 Å². The summed E-state index contributed by atoms with van der Waals surface area (Å²) >= 11 is 4.30. The molecule has 98 valence electrons. The van der Waals surface area contributed by atoms with Crippen LogP contribution in [0.3, 0.4) is 0 Å². The Morgan fingerprint density at radius 1 is 1.44 bits per heavy atom. The maximum absolute atomic E-state index is 10.3. The number of aliphatic imine (C=N–C) groups is 1. The van der Waals surface area contributed by atoms with E-state index in [1.165, 1.54) is 33.9 Å². The Hall–Kier alpha value is -1.23. The Morgan fingerprint density at radius 3 is 2.33 bits per heavy atom. The van der Waals surface area contributed by atoms with Crippen molar-refractivity contribution < 1.29 is 19.8 Å². The van der Waals surface area contributed by atoms with Crippen molar-refractivity contribution in [1.82, 2.24) is 4.98 Å². The summed E-state index contributed by atoms with van der Waals surface area (Å²) in [6.07, 6.45) is 1.41. The molecule has 0 bridgehead atoms. The lowest BCUT2D eigenvalue weighted by molar-refractivity contribution is 0.0691. The van der Waals surface area contributed by atoms with Gasteiger partial charge in [0.15, 0.2) is 9.61 Å². The number of halogens is 1. The summed E-state index contributed by atoms with van der Waals surface area (Å²) in [7, 11) is -2.18. The summed E-state index contributed by atoms with van der Waals surface area (Å²) < 4.78 is 0.597. The van der Waals surface area contributed by atoms with Gasteiger partial charge in [0.05, 0.1) is 5.55 Å². The summed E-state index contributed by atoms with van der Waals surface area (Å²) in [6, 6.07) is 0. The Labute approximate surface area is 116 Å². The molecule has 1 atom stereocenters. The Morgan fingerprint density at radius 2 is 2.11 bits per heavy atom. The normalized spacial score (nSPS) is 23.9. The second-order valence-corrected chi connectivity index (χ2v) is 7.35. The van der Waals surface area contributed by atoms with Gasteiger partial charge < -0.3 is 10.2 Å². The van der Waals surface area contributed by atoms with Crippen molar-refractivity contribution in [3.8, 4) is 0 Å². The Bertz CT molecular complexity index is 516. The zero-order chi connectivity index (χ0) is 13.8. The van der Waals surface area contributed by atoms with E-state index in [0.29, 0.717) is 3.92 Å². The predicted molar refractivity (Wildman–Crippen MR) is 74.2 cm³/mol. The van der Waals surface area contributed by atoms with Crippen LogP contribution in [0, 0.1) is 0 Å². The van der Waals surface area contributed by atoms with Gasteiger partial charge >= 0.3 is 11.3 Å². The largest absolute Gasteiger partial charge is 0.476 e. The first kappa shape index (κ1) is 14.8. The molecule has 2 heterocycles. The highest BCUT2D eigenvalue weighted by atomic mass is 79.9. The average molecular weight is 354 g/mol. The molecule has 2 rings (SSSR count). The lowest BCUT2D eigenvalue weighted by Gasteiger charge is -2.15. The molecule has 4 N–H and O–H groups in total. The molecular weight excluding hydrogens is 346 g/mol. The highest BCUT2D eigenvalue weighted by Gasteiger charge is 2.24. The number of carbonyl (C=O) groups is 2. The number of nitrogens with two attached hydrogens (primary N) is 1. The van der Waals surface area contributed by atoms with E-state index in [4.69, 9.17) is 15.4 Å². The van der Waals surface area contributed by atoms with Crippen LogP contribution in [0.15, 0.2) is 25.9 Å². The number of nitrogens with zero attached hydrogens (tertiary/aromatic N) is 2. The lowest BCUT2D eigenvalue weighted by Crippen LogP contribution is -2.15. The molecule has 0 aromatic carbocycles. The van der Waals surface area contributed by atoms with Gasteiger partial charge in [-0.25, -0.2) is 14.6 Å². The average Bonchev–Trinajstić information content (AvgIpc) is 2.89. The first-order valence-corrected chi connectivity index (χ1v) is 7.73. The Kier molecular flexibility index (Phi) is 5.02. The second kappa shape index (κ2) is 6.09. The number of carboxylic acid groups (broad SMARTS) is 2. The predicted octanol–water partition coefficient (Wildman–Crippen LogP) is 2.46. The number of hydrogen-bond donors (Lipinski definition) is 3. The van der Waals surface area contributed by atoms with E-state index in [1.807, 2.05) is 0 Å². The summed E-state index contributed by atoms with van der Waals surface area (Å²) in [5, 5.41) is 24.0. The standard InChI is InChI=1S/C4H2BrNO2S.C4H6N2O2S/c5-4-6-2(1-9-4)3(7)8;5-9(4(7)8)2-1-6-3-9/h1H,(H,7,8);1-3H,5H2,(H,7,8). The van der Waals surface area contributed by atoms with Crippen LogP contribution >= 0.6 is 37.5 Å². The number of thiazole rings is 1. The molecule has 18 heavy (non-hydrogen) atoms. The topological polar surface area (TPSA) is 126 Å². The minimum atomic E-state index is -2.18. The van der Waals surface area contributed by atoms with E-state index >= 15 is 0 Å². The van der Waals surface area contributed by atoms with Gasteiger partial charge in [-0.1, -0.05) is 0 Å². The third kappa shape index (κ3) is 3.91. The molecule has 1 aromatic rings. The smallest absolute Gasteiger partial charge is 0.368 e. The van der Waals surface area contributed by atoms with Crippen LogP contribution < -0.4 is 5.14 Å². The van der Waals surface area contributed by atoms with E-state index in [-0.39, 0.29) is 5.69 Å². The van der Waals surface area contributed by atoms with Crippen molar-refractivity contribution in [3.05, 3.63) is 26.6 Å². The zero-order valence-electron chi connectivity index (χ0n) is 8.69. The number of aromatic nitrogens is 1. The van der Waals surface area contributed by atoms with E-state index in [1.54, 1.807) is 0 Å². The van der Waals surface area contributed by atoms with Crippen molar-refractivity contribution in [3.63, 3.8) is 0 Å². The molecule has 1 aliphatic rings. The maximum Gasteiger partial charge on any atom is 0.368 e. The van der Waals surface area contributed by atoms with Crippen LogP contribution in [-0.4, -0.2) is 32.0 Å². The Balaban J connectivity index is 0.000000180. The minimum absolute atomic E-state index is 0.0897. The molecule has 0 saturated heterocycles. The summed E-state index contributed by atoms with van der Waals surface area (Å²) in [5.74, 6) is -0.989. The van der Waals surface area contributed by atoms with Crippen molar-refractivity contribution in [2.45, 2.75) is 0 Å². The molecule has 0 radical (unpaired) electrons. The van der Waals surface area contributed by atoms with Gasteiger partial charge in [-0.3, -0.25) is 10.1 Å². The first-order chi connectivity index (χ1) is 8.35. The molecule has 0 aliphatic carbocycles. The minimum Gasteiger partial charge on any atom is -0.476 e. The molecule has 1 aliphatic heterocycles. The fourth-order valence-corrected chi connectivity index (χ4v) is 2.57. The second-order valence-electron chi connectivity index (χ2n) is 2.86. The van der Waals surface area contributed by atoms with E-state index in [0.717, 1.165) is 0 Å². The molecule has 0 amide bonds. The van der Waals surface area contributed by atoms with Gasteiger partial charge in [-0.15, -0.1) is 11.3 Å². The number of rotatable bonds is 1. The summed E-state index contributed by atoms with van der Waals surface area (Å²) in [5.41, 5.74) is 1.36. The van der Waals surface area contributed by atoms with E-state index in [2.05, 4.69) is 25.9 Å². The van der Waals surface area contributed by atoms with E-state index in [9.17, 15) is 9.59 Å². The first-order valence-electron chi connectivity index (χ1n) is 4.23. The quantitative estimate of drug-likeness (QED) is 0.711. The van der Waals surface area contributed by atoms with Crippen LogP contribution in [0.2, 0.25) is 0 Å². The monoisotopic (exact) mass is 353 g/mol. The van der Waals surface area contributed by atoms with Gasteiger partial charge in [0.25, 0.3) is 0 Å². The molecule has 1 aromatic heterocycles. The fourth-order valence-electron chi connectivity index (χ4n) is 0.760. The van der Waals surface area contributed by atoms with Crippen LogP contribution in [0.1, 0.15) is 10.5 Å². The van der Waals surface area contributed by atoms with Gasteiger partial charge in [0.2, 0.25) is 0 Å². The van der Waals surface area contributed by atoms with Crippen LogP contribution in [0.5, 0.6) is 0 Å². The van der Waals surface area contributed by atoms with Crippen LogP contribution in [0.4, 0.5) is 4.79 Å². The van der Waals surface area contributed by atoms with Crippen molar-refractivity contribution in [2.75, 3.05) is 0 Å². The lowest BCUT2D eigenvalue weighted by atomic mass is 10.5. The molecule has 7 nitrogen and oxygen atoms in total. The fraction of sp³-hybridized carbons (Fsp3) is 0. The van der Waals surface area contributed by atoms with Crippen molar-refractivity contribution in [1.29, 1.82) is 0 Å². The van der Waals surface area contributed by atoms with Gasteiger partial charge in [-0.2, -0.15) is 0 Å². The summed E-state index contributed by atoms with van der Waals surface area (Å²) in [6.45, 7) is 0. The van der Waals surface area contributed by atoms with Crippen LogP contribution in [-0.2, 0) is 0 Å². The molecule has 0 spiro atoms. The summed E-state index contributed by atoms with van der Waals surface area (Å²) in [4.78, 5) is 27.7. The van der Waals surface area contributed by atoms with Gasteiger partial charge in [0, 0.05) is 11.6 Å². The molecule has 1 unspecified atom stereocenters. The number of carboxylic acids is 1. The SMILES string of the molecule is NS1(C(=O)O)C=CN=C1.O=C(O)c1csc(Br)n1. The van der Waals surface area contributed by atoms with E-state index < -0.39 is 21.5 Å². The molecule has 10 heteroatoms. The van der Waals surface area contributed by atoms with Crippen molar-refractivity contribution in [2.24, 2.45) is 10.1 Å².